The maximum Gasteiger partial charge on any atom is 0.410 e. The van der Waals surface area contributed by atoms with E-state index in [9.17, 15) is 9.18 Å². The summed E-state index contributed by atoms with van der Waals surface area (Å²) in [5.41, 5.74) is 1.46. The van der Waals surface area contributed by atoms with Crippen molar-refractivity contribution in [2.75, 3.05) is 13.1 Å². The standard InChI is InChI=1S/C27H35FN2O2/c1-26(2,3)32-25(31)30(24-16-22(24)20-10-5-4-6-11-20)19-27(14-9-15-27)18-29-17-21-12-7-8-13-23(21)28/h4-8,10-13,22,24,29H,9,14-19H2,1-3H3/t22?,24-/m0/s1. The van der Waals surface area contributed by atoms with Crippen LogP contribution in [-0.2, 0) is 11.3 Å². The van der Waals surface area contributed by atoms with E-state index >= 15 is 0 Å². The summed E-state index contributed by atoms with van der Waals surface area (Å²) in [6, 6.07) is 17.5. The maximum absolute atomic E-state index is 14.0. The topological polar surface area (TPSA) is 41.6 Å². The van der Waals surface area contributed by atoms with Gasteiger partial charge >= 0.3 is 6.09 Å². The summed E-state index contributed by atoms with van der Waals surface area (Å²) in [4.78, 5) is 15.2. The van der Waals surface area contributed by atoms with Crippen LogP contribution >= 0.6 is 0 Å². The van der Waals surface area contributed by atoms with Crippen LogP contribution in [0.5, 0.6) is 0 Å². The molecule has 1 unspecified atom stereocenters. The number of nitrogens with one attached hydrogen (secondary N) is 1. The maximum atomic E-state index is 14.0. The third-order valence-electron chi connectivity index (χ3n) is 6.71. The second-order valence-electron chi connectivity index (χ2n) is 10.5. The number of nitrogens with zero attached hydrogens (tertiary/aromatic N) is 1. The Balaban J connectivity index is 1.44. The van der Waals surface area contributed by atoms with Gasteiger partial charge in [-0.15, -0.1) is 0 Å². The van der Waals surface area contributed by atoms with Crippen LogP contribution in [0.2, 0.25) is 0 Å². The van der Waals surface area contributed by atoms with Gasteiger partial charge in [-0.05, 0) is 51.7 Å². The molecule has 0 saturated heterocycles. The largest absolute Gasteiger partial charge is 0.444 e. The van der Waals surface area contributed by atoms with E-state index in [-0.39, 0.29) is 23.4 Å². The highest BCUT2D eigenvalue weighted by Crippen LogP contribution is 2.48. The lowest BCUT2D eigenvalue weighted by Crippen LogP contribution is -2.51. The first-order valence-corrected chi connectivity index (χ1v) is 11.8. The van der Waals surface area contributed by atoms with Gasteiger partial charge in [0.05, 0.1) is 0 Å². The van der Waals surface area contributed by atoms with E-state index in [4.69, 9.17) is 4.74 Å². The van der Waals surface area contributed by atoms with Crippen molar-refractivity contribution in [2.24, 2.45) is 5.41 Å². The lowest BCUT2D eigenvalue weighted by molar-refractivity contribution is 0.00104. The van der Waals surface area contributed by atoms with Crippen molar-refractivity contribution < 1.29 is 13.9 Å². The van der Waals surface area contributed by atoms with E-state index in [1.165, 1.54) is 11.6 Å². The molecule has 2 atom stereocenters. The minimum Gasteiger partial charge on any atom is -0.444 e. The van der Waals surface area contributed by atoms with E-state index < -0.39 is 5.60 Å². The van der Waals surface area contributed by atoms with Gasteiger partial charge in [0, 0.05) is 42.6 Å². The summed E-state index contributed by atoms with van der Waals surface area (Å²) in [6.07, 6.45) is 4.05. The Hall–Kier alpha value is -2.40. The summed E-state index contributed by atoms with van der Waals surface area (Å²) >= 11 is 0. The molecule has 0 bridgehead atoms. The summed E-state index contributed by atoms with van der Waals surface area (Å²) in [7, 11) is 0. The first-order chi connectivity index (χ1) is 15.3. The molecule has 32 heavy (non-hydrogen) atoms. The van der Waals surface area contributed by atoms with Crippen LogP contribution in [-0.4, -0.2) is 35.7 Å². The van der Waals surface area contributed by atoms with E-state index in [0.717, 1.165) is 32.2 Å². The number of rotatable bonds is 8. The van der Waals surface area contributed by atoms with Gasteiger partial charge in [-0.1, -0.05) is 55.0 Å². The van der Waals surface area contributed by atoms with E-state index in [0.29, 0.717) is 24.6 Å². The normalized spacial score (nSPS) is 21.5. The fraction of sp³-hybridized carbons (Fsp3) is 0.519. The highest BCUT2D eigenvalue weighted by atomic mass is 19.1. The number of carbonyl (C=O) groups is 1. The number of hydrogen-bond donors (Lipinski definition) is 1. The molecule has 0 spiro atoms. The van der Waals surface area contributed by atoms with Crippen molar-refractivity contribution in [1.82, 2.24) is 10.2 Å². The van der Waals surface area contributed by atoms with Gasteiger partial charge in [-0.2, -0.15) is 0 Å². The Kier molecular flexibility index (Phi) is 6.57. The third-order valence-corrected chi connectivity index (χ3v) is 6.71. The van der Waals surface area contributed by atoms with Gasteiger partial charge < -0.3 is 15.0 Å². The van der Waals surface area contributed by atoms with E-state index in [2.05, 4.69) is 29.6 Å². The lowest BCUT2D eigenvalue weighted by Gasteiger charge is -2.45. The van der Waals surface area contributed by atoms with Crippen LogP contribution in [0.4, 0.5) is 9.18 Å². The zero-order valence-electron chi connectivity index (χ0n) is 19.4. The Morgan fingerprint density at radius 2 is 1.81 bits per heavy atom. The van der Waals surface area contributed by atoms with Gasteiger partial charge in [0.1, 0.15) is 11.4 Å². The molecule has 2 saturated carbocycles. The Morgan fingerprint density at radius 3 is 2.44 bits per heavy atom. The van der Waals surface area contributed by atoms with Crippen LogP contribution in [0.1, 0.15) is 63.5 Å². The molecular formula is C27H35FN2O2. The second kappa shape index (κ2) is 9.22. The molecule has 2 aliphatic rings. The van der Waals surface area contributed by atoms with Crippen molar-refractivity contribution in [3.8, 4) is 0 Å². The smallest absolute Gasteiger partial charge is 0.410 e. The molecule has 0 heterocycles. The molecule has 172 valence electrons. The van der Waals surface area contributed by atoms with Gasteiger partial charge in [0.2, 0.25) is 0 Å². The van der Waals surface area contributed by atoms with Gasteiger partial charge in [0.25, 0.3) is 0 Å². The average molecular weight is 439 g/mol. The zero-order valence-corrected chi connectivity index (χ0v) is 19.4. The van der Waals surface area contributed by atoms with Crippen molar-refractivity contribution in [3.05, 3.63) is 71.5 Å². The Bertz CT molecular complexity index is 921. The molecule has 0 aromatic heterocycles. The Morgan fingerprint density at radius 1 is 1.12 bits per heavy atom. The van der Waals surface area contributed by atoms with Crippen LogP contribution in [0.15, 0.2) is 54.6 Å². The third kappa shape index (κ3) is 5.50. The van der Waals surface area contributed by atoms with Crippen LogP contribution in [0, 0.1) is 11.2 Å². The molecule has 5 heteroatoms. The molecule has 0 aliphatic heterocycles. The number of halogens is 1. The van der Waals surface area contributed by atoms with Crippen LogP contribution < -0.4 is 5.32 Å². The summed E-state index contributed by atoms with van der Waals surface area (Å²) in [5, 5.41) is 3.46. The number of carbonyl (C=O) groups excluding carboxylic acids is 1. The molecule has 4 nitrogen and oxygen atoms in total. The summed E-state index contributed by atoms with van der Waals surface area (Å²) in [5.74, 6) is 0.189. The molecule has 2 aromatic rings. The van der Waals surface area contributed by atoms with Gasteiger partial charge in [0.15, 0.2) is 0 Å². The van der Waals surface area contributed by atoms with Gasteiger partial charge in [-0.3, -0.25) is 0 Å². The Labute approximate surface area is 191 Å². The van der Waals surface area contributed by atoms with Crippen LogP contribution in [0.25, 0.3) is 0 Å². The molecule has 2 aliphatic carbocycles. The highest BCUT2D eigenvalue weighted by molar-refractivity contribution is 5.69. The number of ether oxygens (including phenoxy) is 1. The minimum atomic E-state index is -0.525. The molecule has 0 radical (unpaired) electrons. The zero-order chi connectivity index (χ0) is 22.8. The van der Waals surface area contributed by atoms with Crippen molar-refractivity contribution >= 4 is 6.09 Å². The number of benzene rings is 2. The fourth-order valence-corrected chi connectivity index (χ4v) is 4.76. The monoisotopic (exact) mass is 438 g/mol. The van der Waals surface area contributed by atoms with Crippen molar-refractivity contribution in [2.45, 2.75) is 70.6 Å². The summed E-state index contributed by atoms with van der Waals surface area (Å²) < 4.78 is 19.8. The quantitative estimate of drug-likeness (QED) is 0.560. The molecule has 2 aromatic carbocycles. The SMILES string of the molecule is CC(C)(C)OC(=O)N(CC1(CNCc2ccccc2F)CCC1)[C@H]1CC1c1ccccc1. The number of amides is 1. The van der Waals surface area contributed by atoms with Crippen molar-refractivity contribution in [3.63, 3.8) is 0 Å². The predicted octanol–water partition coefficient (Wildman–Crippen LogP) is 5.88. The molecular weight excluding hydrogens is 403 g/mol. The lowest BCUT2D eigenvalue weighted by atomic mass is 9.68. The fourth-order valence-electron chi connectivity index (χ4n) is 4.76. The predicted molar refractivity (Wildman–Crippen MR) is 125 cm³/mol. The molecule has 1 N–H and O–H groups in total. The summed E-state index contributed by atoms with van der Waals surface area (Å²) in [6.45, 7) is 7.69. The van der Waals surface area contributed by atoms with Gasteiger partial charge in [-0.25, -0.2) is 9.18 Å². The minimum absolute atomic E-state index is 0.0198. The van der Waals surface area contributed by atoms with Crippen molar-refractivity contribution in [1.29, 1.82) is 0 Å². The highest BCUT2D eigenvalue weighted by Gasteiger charge is 2.49. The van der Waals surface area contributed by atoms with E-state index in [1.807, 2.05) is 43.9 Å². The average Bonchev–Trinajstić information content (AvgIpc) is 3.50. The van der Waals surface area contributed by atoms with E-state index in [1.54, 1.807) is 6.07 Å². The molecule has 1 amide bonds. The first-order valence-electron chi connectivity index (χ1n) is 11.8. The molecule has 4 rings (SSSR count). The molecule has 2 fully saturated rings. The second-order valence-corrected chi connectivity index (χ2v) is 10.5. The van der Waals surface area contributed by atoms with Crippen LogP contribution in [0.3, 0.4) is 0 Å². The number of hydrogen-bond acceptors (Lipinski definition) is 3. The first kappa shape index (κ1) is 22.8.